The van der Waals surface area contributed by atoms with Crippen LogP contribution in [0.4, 0.5) is 27.8 Å². The molecule has 0 bridgehead atoms. The summed E-state index contributed by atoms with van der Waals surface area (Å²) in [6.07, 6.45) is -1.54. The molecule has 190 valence electrons. The van der Waals surface area contributed by atoms with Gasteiger partial charge >= 0.3 is 6.18 Å². The van der Waals surface area contributed by atoms with Gasteiger partial charge in [0, 0.05) is 60.4 Å². The number of benzene rings is 1. The lowest BCUT2D eigenvalue weighted by atomic mass is 10.1. The summed E-state index contributed by atoms with van der Waals surface area (Å²) < 4.78 is 72.2. The minimum Gasteiger partial charge on any atom is -0.481 e. The van der Waals surface area contributed by atoms with Crippen LogP contribution in [-0.4, -0.2) is 32.8 Å². The molecule has 4 rings (SSSR count). The number of anilines is 1. The second-order valence-electron chi connectivity index (χ2n) is 7.78. The van der Waals surface area contributed by atoms with Crippen LogP contribution in [0.2, 0.25) is 0 Å². The molecule has 3 aromatic heterocycles. The summed E-state index contributed by atoms with van der Waals surface area (Å²) in [5.74, 6) is -1.98. The molecule has 0 atom stereocenters. The molecule has 4 aromatic rings. The van der Waals surface area contributed by atoms with Gasteiger partial charge in [-0.2, -0.15) is 13.2 Å². The van der Waals surface area contributed by atoms with Gasteiger partial charge in [0.15, 0.2) is 11.6 Å². The molecule has 0 radical (unpaired) electrons. The van der Waals surface area contributed by atoms with E-state index < -0.39 is 29.2 Å². The van der Waals surface area contributed by atoms with E-state index in [-0.39, 0.29) is 47.3 Å². The Labute approximate surface area is 207 Å². The highest BCUT2D eigenvalue weighted by Gasteiger charge is 2.31. The van der Waals surface area contributed by atoms with Crippen molar-refractivity contribution < 1.29 is 31.5 Å². The van der Waals surface area contributed by atoms with Crippen molar-refractivity contribution >= 4 is 11.6 Å². The summed E-state index contributed by atoms with van der Waals surface area (Å²) in [4.78, 5) is 29.1. The monoisotopic (exact) mass is 515 g/mol. The van der Waals surface area contributed by atoms with Gasteiger partial charge in [-0.05, 0) is 18.2 Å². The first kappa shape index (κ1) is 25.6. The molecule has 0 saturated heterocycles. The Morgan fingerprint density at radius 2 is 1.84 bits per heavy atom. The molecule has 7 nitrogen and oxygen atoms in total. The number of pyridine rings is 2. The van der Waals surface area contributed by atoms with Gasteiger partial charge in [0.2, 0.25) is 5.88 Å². The van der Waals surface area contributed by atoms with Crippen molar-refractivity contribution in [2.24, 2.45) is 0 Å². The highest BCUT2D eigenvalue weighted by molar-refractivity contribution is 5.97. The van der Waals surface area contributed by atoms with Crippen LogP contribution in [0.25, 0.3) is 11.4 Å². The van der Waals surface area contributed by atoms with Crippen molar-refractivity contribution in [1.29, 1.82) is 0 Å². The molecular formula is C25H18F5N5O2. The Balaban J connectivity index is 1.71. The number of nitrogens with one attached hydrogen (secondary N) is 1. The smallest absolute Gasteiger partial charge is 0.417 e. The number of ketones is 1. The number of hydrogen-bond donors (Lipinski definition) is 1. The molecule has 0 spiro atoms. The molecule has 0 aliphatic carbocycles. The van der Waals surface area contributed by atoms with Crippen LogP contribution in [0, 0.1) is 11.6 Å². The van der Waals surface area contributed by atoms with Gasteiger partial charge < -0.3 is 10.1 Å². The van der Waals surface area contributed by atoms with E-state index in [9.17, 15) is 26.7 Å². The third-order valence-corrected chi connectivity index (χ3v) is 5.20. The number of carbonyl (C=O) groups is 1. The van der Waals surface area contributed by atoms with E-state index in [1.165, 1.54) is 25.4 Å². The Kier molecular flexibility index (Phi) is 7.37. The van der Waals surface area contributed by atoms with E-state index in [2.05, 4.69) is 25.3 Å². The van der Waals surface area contributed by atoms with Crippen molar-refractivity contribution in [2.75, 3.05) is 12.4 Å². The van der Waals surface area contributed by atoms with Gasteiger partial charge in [0.05, 0.1) is 12.7 Å². The molecule has 0 unspecified atom stereocenters. The Hall–Kier alpha value is -4.48. The quantitative estimate of drug-likeness (QED) is 0.252. The first-order valence-electron chi connectivity index (χ1n) is 10.7. The Morgan fingerprint density at radius 1 is 1.03 bits per heavy atom. The molecule has 37 heavy (non-hydrogen) atoms. The molecule has 0 amide bonds. The lowest BCUT2D eigenvalue weighted by Gasteiger charge is -2.12. The van der Waals surface area contributed by atoms with Gasteiger partial charge in [-0.3, -0.25) is 9.78 Å². The molecule has 1 aromatic carbocycles. The van der Waals surface area contributed by atoms with Gasteiger partial charge in [-0.25, -0.2) is 23.7 Å². The standard InChI is InChI=1S/C25H18F5N5O2/c1-37-24-14(3-2-6-32-24)8-21(36)20-10-22(33-12-15-4-5-18(26)9-19(15)27)35-23(34-20)16-7-17(13-31-11-16)25(28,29)30/h2-7,9-11,13H,8,12H2,1H3,(H,33,34,35). The Bertz CT molecular complexity index is 1450. The van der Waals surface area contributed by atoms with Crippen molar-refractivity contribution in [3.05, 3.63) is 95.1 Å². The number of alkyl halides is 3. The fourth-order valence-corrected chi connectivity index (χ4v) is 3.38. The number of hydrogen-bond acceptors (Lipinski definition) is 7. The second-order valence-corrected chi connectivity index (χ2v) is 7.78. The average molecular weight is 515 g/mol. The van der Waals surface area contributed by atoms with Crippen molar-refractivity contribution in [3.8, 4) is 17.3 Å². The van der Waals surface area contributed by atoms with E-state index in [0.29, 0.717) is 17.8 Å². The van der Waals surface area contributed by atoms with E-state index in [1.54, 1.807) is 12.1 Å². The lowest BCUT2D eigenvalue weighted by Crippen LogP contribution is -2.12. The van der Waals surface area contributed by atoms with Crippen LogP contribution in [0.1, 0.15) is 27.2 Å². The molecule has 0 fully saturated rings. The molecule has 0 aliphatic rings. The molecule has 1 N–H and O–H groups in total. The maximum atomic E-state index is 14.1. The number of aromatic nitrogens is 4. The summed E-state index contributed by atoms with van der Waals surface area (Å²) in [6.45, 7) is -0.145. The fourth-order valence-electron chi connectivity index (χ4n) is 3.38. The highest BCUT2D eigenvalue weighted by atomic mass is 19.4. The second kappa shape index (κ2) is 10.6. The predicted molar refractivity (Wildman–Crippen MR) is 123 cm³/mol. The maximum Gasteiger partial charge on any atom is 0.417 e. The summed E-state index contributed by atoms with van der Waals surface area (Å²) in [7, 11) is 1.40. The third-order valence-electron chi connectivity index (χ3n) is 5.20. The van der Waals surface area contributed by atoms with Crippen molar-refractivity contribution in [2.45, 2.75) is 19.1 Å². The third kappa shape index (κ3) is 6.21. The number of methoxy groups -OCH3 is 1. The molecule has 0 aliphatic heterocycles. The van der Waals surface area contributed by atoms with Crippen molar-refractivity contribution in [3.63, 3.8) is 0 Å². The molecule has 12 heteroatoms. The van der Waals surface area contributed by atoms with Gasteiger partial charge in [0.25, 0.3) is 0 Å². The van der Waals surface area contributed by atoms with E-state index in [1.807, 2.05) is 0 Å². The number of ether oxygens (including phenoxy) is 1. The minimum atomic E-state index is -4.66. The number of nitrogens with zero attached hydrogens (tertiary/aromatic N) is 4. The Morgan fingerprint density at radius 3 is 2.57 bits per heavy atom. The zero-order valence-electron chi connectivity index (χ0n) is 19.2. The molecule has 0 saturated carbocycles. The van der Waals surface area contributed by atoms with Gasteiger partial charge in [-0.1, -0.05) is 12.1 Å². The lowest BCUT2D eigenvalue weighted by molar-refractivity contribution is -0.137. The zero-order chi connectivity index (χ0) is 26.6. The van der Waals surface area contributed by atoms with E-state index in [0.717, 1.165) is 18.3 Å². The SMILES string of the molecule is COc1ncccc1CC(=O)c1cc(NCc2ccc(F)cc2F)nc(-c2cncc(C(F)(F)F)c2)n1. The van der Waals surface area contributed by atoms with E-state index >= 15 is 0 Å². The first-order chi connectivity index (χ1) is 17.6. The zero-order valence-corrected chi connectivity index (χ0v) is 19.2. The highest BCUT2D eigenvalue weighted by Crippen LogP contribution is 2.31. The number of halogens is 5. The number of Topliss-reactive ketones (excluding diaryl/α,β-unsaturated/α-hetero) is 1. The first-order valence-corrected chi connectivity index (χ1v) is 10.7. The minimum absolute atomic E-state index is 0.0349. The van der Waals surface area contributed by atoms with Crippen LogP contribution in [-0.2, 0) is 19.1 Å². The van der Waals surface area contributed by atoms with Crippen molar-refractivity contribution in [1.82, 2.24) is 19.9 Å². The summed E-state index contributed by atoms with van der Waals surface area (Å²) in [6, 6.07) is 8.38. The maximum absolute atomic E-state index is 14.1. The number of carbonyl (C=O) groups excluding carboxylic acids is 1. The summed E-state index contributed by atoms with van der Waals surface area (Å²) in [5, 5.41) is 2.81. The summed E-state index contributed by atoms with van der Waals surface area (Å²) >= 11 is 0. The summed E-state index contributed by atoms with van der Waals surface area (Å²) in [5.41, 5.74) is -0.641. The number of rotatable bonds is 8. The van der Waals surface area contributed by atoms with Crippen LogP contribution in [0.3, 0.4) is 0 Å². The topological polar surface area (TPSA) is 89.9 Å². The van der Waals surface area contributed by atoms with Gasteiger partial charge in [0.1, 0.15) is 23.1 Å². The van der Waals surface area contributed by atoms with E-state index in [4.69, 9.17) is 4.74 Å². The molecule has 3 heterocycles. The van der Waals surface area contributed by atoms with Crippen LogP contribution < -0.4 is 10.1 Å². The molecular weight excluding hydrogens is 497 g/mol. The predicted octanol–water partition coefficient (Wildman–Crippen LogP) is 5.28. The largest absolute Gasteiger partial charge is 0.481 e. The fraction of sp³-hybridized carbons (Fsp3) is 0.160. The average Bonchev–Trinajstić information content (AvgIpc) is 2.88. The normalized spacial score (nSPS) is 11.3. The van der Waals surface area contributed by atoms with Gasteiger partial charge in [-0.15, -0.1) is 0 Å². The van der Waals surface area contributed by atoms with Crippen LogP contribution >= 0.6 is 0 Å². The van der Waals surface area contributed by atoms with Crippen LogP contribution in [0.5, 0.6) is 5.88 Å². The van der Waals surface area contributed by atoms with Crippen LogP contribution in [0.15, 0.2) is 61.1 Å².